The van der Waals surface area contributed by atoms with Gasteiger partial charge in [-0.15, -0.1) is 21.5 Å². The van der Waals surface area contributed by atoms with Crippen LogP contribution in [0.1, 0.15) is 21.1 Å². The first-order valence-electron chi connectivity index (χ1n) is 10.1. The molecule has 0 atom stereocenters. The van der Waals surface area contributed by atoms with Crippen molar-refractivity contribution in [3.63, 3.8) is 0 Å². The van der Waals surface area contributed by atoms with Crippen molar-refractivity contribution in [3.05, 3.63) is 64.3 Å². The average Bonchev–Trinajstić information content (AvgIpc) is 3.52. The van der Waals surface area contributed by atoms with Gasteiger partial charge in [0.15, 0.2) is 10.9 Å². The third-order valence-corrected chi connectivity index (χ3v) is 6.66. The van der Waals surface area contributed by atoms with Gasteiger partial charge in [0.1, 0.15) is 10.7 Å². The smallest absolute Gasteiger partial charge is 0.270 e. The zero-order valence-corrected chi connectivity index (χ0v) is 19.7. The summed E-state index contributed by atoms with van der Waals surface area (Å²) < 4.78 is 7.59. The molecule has 1 aromatic carbocycles. The number of thioether (sulfide) groups is 1. The molecule has 8 nitrogen and oxygen atoms in total. The Balaban J connectivity index is 1.52. The second-order valence-corrected chi connectivity index (χ2v) is 9.26. The molecule has 0 fully saturated rings. The van der Waals surface area contributed by atoms with Gasteiger partial charge >= 0.3 is 0 Å². The zero-order valence-electron chi connectivity index (χ0n) is 18.1. The quantitative estimate of drug-likeness (QED) is 0.373. The summed E-state index contributed by atoms with van der Waals surface area (Å²) in [6.45, 7) is 3.42. The maximum Gasteiger partial charge on any atom is 0.270 e. The van der Waals surface area contributed by atoms with Gasteiger partial charge in [-0.05, 0) is 44.8 Å². The molecule has 1 amide bonds. The van der Waals surface area contributed by atoms with E-state index in [1.54, 1.807) is 11.6 Å². The molecule has 0 aliphatic carbocycles. The highest BCUT2D eigenvalue weighted by atomic mass is 32.2. The topological polar surface area (TPSA) is 89.1 Å². The van der Waals surface area contributed by atoms with E-state index in [2.05, 4.69) is 33.5 Å². The van der Waals surface area contributed by atoms with Gasteiger partial charge in [-0.3, -0.25) is 9.36 Å². The van der Waals surface area contributed by atoms with Crippen molar-refractivity contribution in [3.8, 4) is 17.3 Å². The molecule has 10 heteroatoms. The molecule has 0 aliphatic rings. The summed E-state index contributed by atoms with van der Waals surface area (Å²) in [5.74, 6) is 1.73. The standard InChI is InChI=1S/C22H24N6O2S2/c1-15-7-4-5-8-17(15)28-20(18-9-6-12-30-18)25-26-22(28)32-14-19-24-16(13-31-19)21(29)23-10-11-27(2)3/h4-9,12-13H,10-11,14H2,1-3H3,(H,23,29). The maximum atomic E-state index is 12.3. The number of benzene rings is 1. The summed E-state index contributed by atoms with van der Waals surface area (Å²) in [7, 11) is 3.94. The molecule has 0 unspecified atom stereocenters. The summed E-state index contributed by atoms with van der Waals surface area (Å²) >= 11 is 2.99. The minimum Gasteiger partial charge on any atom is -0.461 e. The number of hydrogen-bond acceptors (Lipinski definition) is 8. The van der Waals surface area contributed by atoms with E-state index in [4.69, 9.17) is 4.42 Å². The van der Waals surface area contributed by atoms with E-state index in [1.165, 1.54) is 23.1 Å². The van der Waals surface area contributed by atoms with Gasteiger partial charge in [0, 0.05) is 18.5 Å². The molecule has 3 heterocycles. The van der Waals surface area contributed by atoms with Crippen LogP contribution in [-0.2, 0) is 5.75 Å². The minimum absolute atomic E-state index is 0.150. The molecule has 0 saturated carbocycles. The number of para-hydroxylation sites is 1. The molecule has 166 valence electrons. The zero-order chi connectivity index (χ0) is 22.5. The fourth-order valence-electron chi connectivity index (χ4n) is 3.05. The number of carbonyl (C=O) groups is 1. The second kappa shape index (κ2) is 10.1. The van der Waals surface area contributed by atoms with Crippen LogP contribution in [0.25, 0.3) is 17.3 Å². The van der Waals surface area contributed by atoms with E-state index in [0.717, 1.165) is 28.0 Å². The molecule has 0 bridgehead atoms. The first-order chi connectivity index (χ1) is 15.5. The first-order valence-corrected chi connectivity index (χ1v) is 11.9. The first kappa shape index (κ1) is 22.3. The normalized spacial score (nSPS) is 11.2. The molecule has 32 heavy (non-hydrogen) atoms. The number of carbonyl (C=O) groups excluding carboxylic acids is 1. The van der Waals surface area contributed by atoms with Crippen molar-refractivity contribution in [2.24, 2.45) is 0 Å². The third-order valence-electron chi connectivity index (χ3n) is 4.68. The average molecular weight is 469 g/mol. The van der Waals surface area contributed by atoms with Crippen molar-refractivity contribution in [1.29, 1.82) is 0 Å². The van der Waals surface area contributed by atoms with Crippen molar-refractivity contribution in [2.75, 3.05) is 27.2 Å². The molecule has 4 rings (SSSR count). The highest BCUT2D eigenvalue weighted by Gasteiger charge is 2.20. The van der Waals surface area contributed by atoms with Crippen LogP contribution in [-0.4, -0.2) is 57.7 Å². The van der Waals surface area contributed by atoms with E-state index in [-0.39, 0.29) is 5.91 Å². The van der Waals surface area contributed by atoms with Crippen LogP contribution >= 0.6 is 23.1 Å². The van der Waals surface area contributed by atoms with Crippen molar-refractivity contribution >= 4 is 29.0 Å². The van der Waals surface area contributed by atoms with Crippen LogP contribution < -0.4 is 5.32 Å². The van der Waals surface area contributed by atoms with E-state index in [1.807, 2.05) is 53.9 Å². The number of likely N-dealkylation sites (N-methyl/N-ethyl adjacent to an activating group) is 1. The van der Waals surface area contributed by atoms with Crippen LogP contribution in [0.15, 0.2) is 57.6 Å². The van der Waals surface area contributed by atoms with Crippen molar-refractivity contribution in [1.82, 2.24) is 30.0 Å². The fourth-order valence-corrected chi connectivity index (χ4v) is 4.79. The number of aryl methyl sites for hydroxylation is 1. The van der Waals surface area contributed by atoms with Crippen LogP contribution in [0, 0.1) is 6.92 Å². The van der Waals surface area contributed by atoms with Gasteiger partial charge in [0.2, 0.25) is 5.82 Å². The number of aromatic nitrogens is 4. The van der Waals surface area contributed by atoms with E-state index in [9.17, 15) is 4.79 Å². The van der Waals surface area contributed by atoms with Gasteiger partial charge in [-0.1, -0.05) is 30.0 Å². The van der Waals surface area contributed by atoms with Crippen LogP contribution in [0.5, 0.6) is 0 Å². The molecule has 3 aromatic heterocycles. The molecule has 0 saturated heterocycles. The Morgan fingerprint density at radius 2 is 2.06 bits per heavy atom. The minimum atomic E-state index is -0.150. The maximum absolute atomic E-state index is 12.3. The van der Waals surface area contributed by atoms with Crippen LogP contribution in [0.4, 0.5) is 0 Å². The predicted octanol–water partition coefficient (Wildman–Crippen LogP) is 3.88. The summed E-state index contributed by atoms with van der Waals surface area (Å²) in [6, 6.07) is 11.8. The Hall–Kier alpha value is -2.95. The number of hydrogen-bond donors (Lipinski definition) is 1. The summed E-state index contributed by atoms with van der Waals surface area (Å²) in [4.78, 5) is 18.8. The molecular weight excluding hydrogens is 444 g/mol. The number of nitrogens with one attached hydrogen (secondary N) is 1. The monoisotopic (exact) mass is 468 g/mol. The largest absolute Gasteiger partial charge is 0.461 e. The Morgan fingerprint density at radius 1 is 1.22 bits per heavy atom. The lowest BCUT2D eigenvalue weighted by Gasteiger charge is -2.11. The van der Waals surface area contributed by atoms with Gasteiger partial charge in [0.05, 0.1) is 17.7 Å². The molecule has 0 aliphatic heterocycles. The summed E-state index contributed by atoms with van der Waals surface area (Å²) in [5.41, 5.74) is 2.54. The van der Waals surface area contributed by atoms with Crippen LogP contribution in [0.3, 0.4) is 0 Å². The van der Waals surface area contributed by atoms with Gasteiger partial charge in [-0.25, -0.2) is 4.98 Å². The van der Waals surface area contributed by atoms with Crippen molar-refractivity contribution in [2.45, 2.75) is 17.8 Å². The Bertz CT molecular complexity index is 1180. The van der Waals surface area contributed by atoms with Gasteiger partial charge < -0.3 is 14.6 Å². The molecule has 4 aromatic rings. The van der Waals surface area contributed by atoms with Crippen LogP contribution in [0.2, 0.25) is 0 Å². The molecule has 0 radical (unpaired) electrons. The predicted molar refractivity (Wildman–Crippen MR) is 126 cm³/mol. The number of thiazole rings is 1. The SMILES string of the molecule is Cc1ccccc1-n1c(SCc2nc(C(=O)NCCN(C)C)cs2)nnc1-c1ccco1. The Labute approximate surface area is 194 Å². The number of amides is 1. The van der Waals surface area contributed by atoms with E-state index in [0.29, 0.717) is 29.6 Å². The molecular formula is C22H24N6O2S2. The molecule has 1 N–H and O–H groups in total. The molecule has 0 spiro atoms. The third kappa shape index (κ3) is 5.09. The number of rotatable bonds is 9. The van der Waals surface area contributed by atoms with Crippen molar-refractivity contribution < 1.29 is 9.21 Å². The highest BCUT2D eigenvalue weighted by molar-refractivity contribution is 7.98. The highest BCUT2D eigenvalue weighted by Crippen LogP contribution is 2.31. The summed E-state index contributed by atoms with van der Waals surface area (Å²) in [5, 5.41) is 15.1. The number of furan rings is 1. The Morgan fingerprint density at radius 3 is 2.81 bits per heavy atom. The summed E-state index contributed by atoms with van der Waals surface area (Å²) in [6.07, 6.45) is 1.62. The lowest BCUT2D eigenvalue weighted by Crippen LogP contribution is -2.31. The number of nitrogens with zero attached hydrogens (tertiary/aromatic N) is 5. The lowest BCUT2D eigenvalue weighted by atomic mass is 10.2. The Kier molecular flexibility index (Phi) is 7.03. The lowest BCUT2D eigenvalue weighted by molar-refractivity contribution is 0.0946. The van der Waals surface area contributed by atoms with Gasteiger partial charge in [0.25, 0.3) is 5.91 Å². The van der Waals surface area contributed by atoms with E-state index >= 15 is 0 Å². The second-order valence-electron chi connectivity index (χ2n) is 7.38. The van der Waals surface area contributed by atoms with Gasteiger partial charge in [-0.2, -0.15) is 0 Å². The fraction of sp³-hybridized carbons (Fsp3) is 0.273. The van der Waals surface area contributed by atoms with E-state index < -0.39 is 0 Å².